The standard InChI is InChI=1S/C20H26N2O3S/c1-6-19(20(23)21-18-12-9-15(3)13-16(18)4)22(26(5,24)25)17-10-7-14(2)8-11-17/h7-13,19H,6H2,1-5H3,(H,21,23)/t19-/m1/s1. The van der Waals surface area contributed by atoms with E-state index in [9.17, 15) is 13.2 Å². The van der Waals surface area contributed by atoms with Crippen LogP contribution >= 0.6 is 0 Å². The number of benzene rings is 2. The molecule has 2 aromatic carbocycles. The monoisotopic (exact) mass is 374 g/mol. The van der Waals surface area contributed by atoms with Crippen LogP contribution in [0.4, 0.5) is 11.4 Å². The summed E-state index contributed by atoms with van der Waals surface area (Å²) in [5.41, 5.74) is 4.24. The summed E-state index contributed by atoms with van der Waals surface area (Å²) in [6.45, 7) is 7.63. The Kier molecular flexibility index (Phi) is 6.08. The van der Waals surface area contributed by atoms with Gasteiger partial charge in [-0.15, -0.1) is 0 Å². The number of sulfonamides is 1. The molecule has 0 heterocycles. The molecule has 26 heavy (non-hydrogen) atoms. The molecule has 5 nitrogen and oxygen atoms in total. The van der Waals surface area contributed by atoms with Gasteiger partial charge < -0.3 is 5.32 Å². The molecule has 0 fully saturated rings. The third-order valence-corrected chi connectivity index (χ3v) is 5.44. The number of nitrogens with one attached hydrogen (secondary N) is 1. The lowest BCUT2D eigenvalue weighted by atomic mass is 10.1. The van der Waals surface area contributed by atoms with E-state index >= 15 is 0 Å². The fourth-order valence-corrected chi connectivity index (χ4v) is 4.13. The fraction of sp³-hybridized carbons (Fsp3) is 0.350. The van der Waals surface area contributed by atoms with Crippen molar-refractivity contribution in [3.05, 3.63) is 59.2 Å². The highest BCUT2D eigenvalue weighted by molar-refractivity contribution is 7.92. The van der Waals surface area contributed by atoms with Crippen LogP contribution in [0, 0.1) is 20.8 Å². The lowest BCUT2D eigenvalue weighted by molar-refractivity contribution is -0.117. The number of carbonyl (C=O) groups excluding carboxylic acids is 1. The number of rotatable bonds is 6. The van der Waals surface area contributed by atoms with E-state index in [0.29, 0.717) is 17.8 Å². The third-order valence-electron chi connectivity index (χ3n) is 4.26. The van der Waals surface area contributed by atoms with Crippen molar-refractivity contribution in [1.82, 2.24) is 0 Å². The lowest BCUT2D eigenvalue weighted by Crippen LogP contribution is -2.47. The summed E-state index contributed by atoms with van der Waals surface area (Å²) in [5.74, 6) is -0.342. The summed E-state index contributed by atoms with van der Waals surface area (Å²) >= 11 is 0. The molecule has 0 radical (unpaired) electrons. The second kappa shape index (κ2) is 7.91. The van der Waals surface area contributed by atoms with Gasteiger partial charge in [0.15, 0.2) is 0 Å². The van der Waals surface area contributed by atoms with E-state index < -0.39 is 16.1 Å². The first-order valence-corrected chi connectivity index (χ1v) is 10.4. The smallest absolute Gasteiger partial charge is 0.248 e. The molecule has 0 saturated carbocycles. The van der Waals surface area contributed by atoms with Gasteiger partial charge >= 0.3 is 0 Å². The molecule has 6 heteroatoms. The summed E-state index contributed by atoms with van der Waals surface area (Å²) in [7, 11) is -3.62. The maximum absolute atomic E-state index is 12.9. The quantitative estimate of drug-likeness (QED) is 0.836. The number of anilines is 2. The molecule has 0 bridgehead atoms. The van der Waals surface area contributed by atoms with Crippen LogP contribution in [-0.4, -0.2) is 26.6 Å². The van der Waals surface area contributed by atoms with E-state index in [4.69, 9.17) is 0 Å². The molecule has 0 unspecified atom stereocenters. The zero-order valence-corrected chi connectivity index (χ0v) is 16.7. The normalized spacial score (nSPS) is 12.5. The van der Waals surface area contributed by atoms with E-state index in [1.165, 1.54) is 4.31 Å². The SMILES string of the molecule is CC[C@H](C(=O)Nc1ccc(C)cc1C)N(c1ccc(C)cc1)S(C)(=O)=O. The molecule has 0 aliphatic carbocycles. The van der Waals surface area contributed by atoms with E-state index in [0.717, 1.165) is 22.9 Å². The highest BCUT2D eigenvalue weighted by Gasteiger charge is 2.31. The Labute approximate surface area is 156 Å². The van der Waals surface area contributed by atoms with Crippen LogP contribution in [0.2, 0.25) is 0 Å². The lowest BCUT2D eigenvalue weighted by Gasteiger charge is -2.30. The largest absolute Gasteiger partial charge is 0.324 e. The minimum Gasteiger partial charge on any atom is -0.324 e. The van der Waals surface area contributed by atoms with Gasteiger partial charge in [-0.05, 0) is 51.0 Å². The summed E-state index contributed by atoms with van der Waals surface area (Å²) in [4.78, 5) is 12.9. The number of nitrogens with zero attached hydrogens (tertiary/aromatic N) is 1. The summed E-state index contributed by atoms with van der Waals surface area (Å²) in [5, 5.41) is 2.88. The topological polar surface area (TPSA) is 66.5 Å². The first kappa shape index (κ1) is 20.0. The van der Waals surface area contributed by atoms with Crippen molar-refractivity contribution in [3.63, 3.8) is 0 Å². The number of hydrogen-bond donors (Lipinski definition) is 1. The molecule has 2 rings (SSSR count). The van der Waals surface area contributed by atoms with E-state index in [1.807, 2.05) is 51.1 Å². The maximum atomic E-state index is 12.9. The Balaban J connectivity index is 2.38. The van der Waals surface area contributed by atoms with Crippen LogP contribution in [0.1, 0.15) is 30.0 Å². The molecule has 1 N–H and O–H groups in total. The van der Waals surface area contributed by atoms with Crippen molar-refractivity contribution < 1.29 is 13.2 Å². The number of amides is 1. The van der Waals surface area contributed by atoms with E-state index in [1.54, 1.807) is 19.1 Å². The van der Waals surface area contributed by atoms with Crippen molar-refractivity contribution >= 4 is 27.3 Å². The van der Waals surface area contributed by atoms with Gasteiger partial charge in [0.1, 0.15) is 6.04 Å². The number of hydrogen-bond acceptors (Lipinski definition) is 3. The average Bonchev–Trinajstić information content (AvgIpc) is 2.55. The Morgan fingerprint density at radius 2 is 1.62 bits per heavy atom. The van der Waals surface area contributed by atoms with Gasteiger partial charge in [-0.25, -0.2) is 8.42 Å². The first-order valence-electron chi connectivity index (χ1n) is 8.57. The van der Waals surface area contributed by atoms with Crippen LogP contribution in [0.5, 0.6) is 0 Å². The average molecular weight is 375 g/mol. The summed E-state index contributed by atoms with van der Waals surface area (Å²) in [6, 6.07) is 12.0. The summed E-state index contributed by atoms with van der Waals surface area (Å²) in [6.07, 6.45) is 1.48. The molecule has 0 saturated heterocycles. The van der Waals surface area contributed by atoms with Gasteiger partial charge in [-0.2, -0.15) is 0 Å². The third kappa shape index (κ3) is 4.64. The fourth-order valence-electron chi connectivity index (χ4n) is 2.92. The van der Waals surface area contributed by atoms with Crippen LogP contribution in [0.25, 0.3) is 0 Å². The van der Waals surface area contributed by atoms with Crippen LogP contribution in [0.15, 0.2) is 42.5 Å². The predicted molar refractivity (Wildman–Crippen MR) is 107 cm³/mol. The zero-order valence-electron chi connectivity index (χ0n) is 15.9. The second-order valence-corrected chi connectivity index (χ2v) is 8.49. The van der Waals surface area contributed by atoms with Crippen LogP contribution in [0.3, 0.4) is 0 Å². The van der Waals surface area contributed by atoms with E-state index in [-0.39, 0.29) is 5.91 Å². The molecule has 140 valence electrons. The molecule has 1 atom stereocenters. The minimum absolute atomic E-state index is 0.342. The number of carbonyl (C=O) groups is 1. The Morgan fingerprint density at radius 1 is 1.04 bits per heavy atom. The van der Waals surface area contributed by atoms with Crippen molar-refractivity contribution in [1.29, 1.82) is 0 Å². The second-order valence-electron chi connectivity index (χ2n) is 6.63. The maximum Gasteiger partial charge on any atom is 0.248 e. The van der Waals surface area contributed by atoms with Crippen LogP contribution < -0.4 is 9.62 Å². The highest BCUT2D eigenvalue weighted by atomic mass is 32.2. The van der Waals surface area contributed by atoms with E-state index in [2.05, 4.69) is 5.32 Å². The van der Waals surface area contributed by atoms with Gasteiger partial charge in [0, 0.05) is 5.69 Å². The minimum atomic E-state index is -3.62. The molecule has 1 amide bonds. The summed E-state index contributed by atoms with van der Waals surface area (Å²) < 4.78 is 26.1. The van der Waals surface area contributed by atoms with Gasteiger partial charge in [0.25, 0.3) is 0 Å². The zero-order chi connectivity index (χ0) is 19.5. The molecule has 0 aliphatic rings. The Morgan fingerprint density at radius 3 is 2.12 bits per heavy atom. The van der Waals surface area contributed by atoms with Gasteiger partial charge in [-0.1, -0.05) is 42.3 Å². The Bertz CT molecular complexity index is 890. The first-order chi connectivity index (χ1) is 12.1. The molecule has 0 spiro atoms. The van der Waals surface area contributed by atoms with Gasteiger partial charge in [-0.3, -0.25) is 9.10 Å². The van der Waals surface area contributed by atoms with Crippen molar-refractivity contribution in [2.45, 2.75) is 40.2 Å². The van der Waals surface area contributed by atoms with Gasteiger partial charge in [0.2, 0.25) is 15.9 Å². The molecular formula is C20H26N2O3S. The van der Waals surface area contributed by atoms with Crippen molar-refractivity contribution in [2.24, 2.45) is 0 Å². The highest BCUT2D eigenvalue weighted by Crippen LogP contribution is 2.24. The van der Waals surface area contributed by atoms with Crippen molar-refractivity contribution in [3.8, 4) is 0 Å². The van der Waals surface area contributed by atoms with Crippen molar-refractivity contribution in [2.75, 3.05) is 15.9 Å². The van der Waals surface area contributed by atoms with Gasteiger partial charge in [0.05, 0.1) is 11.9 Å². The number of aryl methyl sites for hydroxylation is 3. The van der Waals surface area contributed by atoms with Crippen LogP contribution in [-0.2, 0) is 14.8 Å². The molecular weight excluding hydrogens is 348 g/mol. The molecule has 0 aliphatic heterocycles. The molecule has 0 aromatic heterocycles. The molecule has 2 aromatic rings. The predicted octanol–water partition coefficient (Wildman–Crippen LogP) is 3.80. The Hall–Kier alpha value is -2.34.